The van der Waals surface area contributed by atoms with Gasteiger partial charge in [-0.3, -0.25) is 4.79 Å². The molecule has 22 heavy (non-hydrogen) atoms. The second-order valence-electron chi connectivity index (χ2n) is 6.87. The van der Waals surface area contributed by atoms with Crippen LogP contribution < -0.4 is 10.9 Å². The Kier molecular flexibility index (Phi) is 5.32. The predicted octanol–water partition coefficient (Wildman–Crippen LogP) is 2.15. The number of unbranched alkanes of at least 4 members (excludes halogenated alkanes) is 1. The van der Waals surface area contributed by atoms with Crippen molar-refractivity contribution < 1.29 is 0 Å². The van der Waals surface area contributed by atoms with Crippen molar-refractivity contribution >= 4 is 0 Å². The molecular formula is C18H29N3O. The minimum Gasteiger partial charge on any atom is -0.314 e. The smallest absolute Gasteiger partial charge is 0.250 e. The summed E-state index contributed by atoms with van der Waals surface area (Å²) < 4.78 is 1.89. The molecule has 2 aliphatic heterocycles. The number of nitrogens with one attached hydrogen (secondary N) is 1. The van der Waals surface area contributed by atoms with Gasteiger partial charge in [-0.05, 0) is 71.1 Å². The average Bonchev–Trinajstić information content (AvgIpc) is 2.97. The monoisotopic (exact) mass is 303 g/mol. The van der Waals surface area contributed by atoms with E-state index in [0.29, 0.717) is 6.04 Å². The SMILES string of the molecule is Cc1cccc(=O)n1CCCCN[C@H]1CCN2CCC[C@@H]2C1. The second-order valence-corrected chi connectivity index (χ2v) is 6.87. The summed E-state index contributed by atoms with van der Waals surface area (Å²) in [6, 6.07) is 7.05. The van der Waals surface area contributed by atoms with Crippen LogP contribution in [0.1, 0.15) is 44.2 Å². The molecule has 0 bridgehead atoms. The molecule has 3 rings (SSSR count). The summed E-state index contributed by atoms with van der Waals surface area (Å²) in [6.45, 7) is 6.53. The molecule has 2 aliphatic rings. The molecule has 4 heteroatoms. The molecule has 2 atom stereocenters. The predicted molar refractivity (Wildman–Crippen MR) is 90.3 cm³/mol. The summed E-state index contributed by atoms with van der Waals surface area (Å²) in [5.74, 6) is 0. The fraction of sp³-hybridized carbons (Fsp3) is 0.722. The summed E-state index contributed by atoms with van der Waals surface area (Å²) >= 11 is 0. The Balaban J connectivity index is 1.35. The normalized spacial score (nSPS) is 25.3. The van der Waals surface area contributed by atoms with Crippen molar-refractivity contribution in [1.29, 1.82) is 0 Å². The minimum atomic E-state index is 0.126. The van der Waals surface area contributed by atoms with Gasteiger partial charge >= 0.3 is 0 Å². The molecule has 0 aromatic carbocycles. The Morgan fingerprint density at radius 2 is 2.14 bits per heavy atom. The number of hydrogen-bond acceptors (Lipinski definition) is 3. The van der Waals surface area contributed by atoms with Crippen molar-refractivity contribution in [2.24, 2.45) is 0 Å². The van der Waals surface area contributed by atoms with Gasteiger partial charge in [0.05, 0.1) is 0 Å². The summed E-state index contributed by atoms with van der Waals surface area (Å²) in [5, 5.41) is 3.74. The van der Waals surface area contributed by atoms with Crippen LogP contribution in [0.2, 0.25) is 0 Å². The molecule has 1 aromatic rings. The highest BCUT2D eigenvalue weighted by atomic mass is 16.1. The first-order chi connectivity index (χ1) is 10.7. The van der Waals surface area contributed by atoms with E-state index in [0.717, 1.165) is 37.7 Å². The first kappa shape index (κ1) is 15.8. The van der Waals surface area contributed by atoms with Gasteiger partial charge in [0.2, 0.25) is 0 Å². The fourth-order valence-electron chi connectivity index (χ4n) is 4.02. The highest BCUT2D eigenvalue weighted by Crippen LogP contribution is 2.26. The number of aromatic nitrogens is 1. The standard InChI is InChI=1S/C18H29N3O/c1-15-6-4-8-18(22)21(15)12-3-2-10-19-16-9-13-20-11-5-7-17(20)14-16/h4,6,8,16-17,19H,2-3,5,7,9-14H2,1H3/t16-,17+/m0/s1. The maximum absolute atomic E-state index is 11.8. The number of pyridine rings is 1. The molecule has 3 heterocycles. The van der Waals surface area contributed by atoms with Crippen LogP contribution >= 0.6 is 0 Å². The van der Waals surface area contributed by atoms with Crippen molar-refractivity contribution in [3.8, 4) is 0 Å². The molecule has 2 fully saturated rings. The lowest BCUT2D eigenvalue weighted by Gasteiger charge is -2.35. The average molecular weight is 303 g/mol. The molecule has 122 valence electrons. The highest BCUT2D eigenvalue weighted by molar-refractivity contribution is 5.04. The zero-order valence-electron chi connectivity index (χ0n) is 13.8. The minimum absolute atomic E-state index is 0.126. The van der Waals surface area contributed by atoms with Gasteiger partial charge in [0.15, 0.2) is 0 Å². The number of nitrogens with zero attached hydrogens (tertiary/aromatic N) is 2. The Labute approximate surface area is 133 Å². The first-order valence-corrected chi connectivity index (χ1v) is 8.88. The van der Waals surface area contributed by atoms with E-state index < -0.39 is 0 Å². The van der Waals surface area contributed by atoms with Crippen molar-refractivity contribution in [2.75, 3.05) is 19.6 Å². The van der Waals surface area contributed by atoms with Crippen molar-refractivity contribution in [2.45, 2.75) is 64.1 Å². The Morgan fingerprint density at radius 3 is 3.00 bits per heavy atom. The highest BCUT2D eigenvalue weighted by Gasteiger charge is 2.31. The lowest BCUT2D eigenvalue weighted by atomic mass is 9.97. The lowest BCUT2D eigenvalue weighted by Crippen LogP contribution is -2.45. The molecule has 0 unspecified atom stereocenters. The van der Waals surface area contributed by atoms with E-state index in [1.165, 1.54) is 38.8 Å². The van der Waals surface area contributed by atoms with Crippen molar-refractivity contribution in [3.63, 3.8) is 0 Å². The van der Waals surface area contributed by atoms with E-state index >= 15 is 0 Å². The van der Waals surface area contributed by atoms with Crippen LogP contribution in [0, 0.1) is 6.92 Å². The molecule has 4 nitrogen and oxygen atoms in total. The van der Waals surface area contributed by atoms with Gasteiger partial charge in [0.1, 0.15) is 0 Å². The van der Waals surface area contributed by atoms with Gasteiger partial charge in [-0.15, -0.1) is 0 Å². The van der Waals surface area contributed by atoms with E-state index in [-0.39, 0.29) is 5.56 Å². The van der Waals surface area contributed by atoms with Crippen LogP contribution in [-0.2, 0) is 6.54 Å². The van der Waals surface area contributed by atoms with Crippen LogP contribution in [0.25, 0.3) is 0 Å². The maximum Gasteiger partial charge on any atom is 0.250 e. The van der Waals surface area contributed by atoms with E-state index in [2.05, 4.69) is 10.2 Å². The van der Waals surface area contributed by atoms with Gasteiger partial charge < -0.3 is 14.8 Å². The molecule has 2 saturated heterocycles. The fourth-order valence-corrected chi connectivity index (χ4v) is 4.02. The molecular weight excluding hydrogens is 274 g/mol. The van der Waals surface area contributed by atoms with E-state index in [9.17, 15) is 4.79 Å². The van der Waals surface area contributed by atoms with Crippen LogP contribution in [-0.4, -0.2) is 41.2 Å². The molecule has 0 amide bonds. The largest absolute Gasteiger partial charge is 0.314 e. The van der Waals surface area contributed by atoms with E-state index in [1.807, 2.05) is 23.6 Å². The second kappa shape index (κ2) is 7.42. The van der Waals surface area contributed by atoms with Gasteiger partial charge in [-0.2, -0.15) is 0 Å². The van der Waals surface area contributed by atoms with Crippen LogP contribution in [0.3, 0.4) is 0 Å². The van der Waals surface area contributed by atoms with Crippen LogP contribution in [0.4, 0.5) is 0 Å². The quantitative estimate of drug-likeness (QED) is 0.818. The Hall–Kier alpha value is -1.13. The topological polar surface area (TPSA) is 37.3 Å². The molecule has 0 spiro atoms. The number of rotatable bonds is 6. The van der Waals surface area contributed by atoms with Crippen molar-refractivity contribution in [1.82, 2.24) is 14.8 Å². The first-order valence-electron chi connectivity index (χ1n) is 8.88. The van der Waals surface area contributed by atoms with Gasteiger partial charge in [-0.1, -0.05) is 6.07 Å². The Bertz CT molecular complexity index is 539. The zero-order valence-corrected chi connectivity index (χ0v) is 13.8. The summed E-state index contributed by atoms with van der Waals surface area (Å²) in [4.78, 5) is 14.5. The van der Waals surface area contributed by atoms with E-state index in [1.54, 1.807) is 6.07 Å². The lowest BCUT2D eigenvalue weighted by molar-refractivity contribution is 0.167. The third-order valence-corrected chi connectivity index (χ3v) is 5.33. The van der Waals surface area contributed by atoms with Crippen LogP contribution in [0.15, 0.2) is 23.0 Å². The molecule has 0 radical (unpaired) electrons. The number of aryl methyl sites for hydroxylation is 1. The van der Waals surface area contributed by atoms with E-state index in [4.69, 9.17) is 0 Å². The summed E-state index contributed by atoms with van der Waals surface area (Å²) in [6.07, 6.45) is 7.63. The summed E-state index contributed by atoms with van der Waals surface area (Å²) in [7, 11) is 0. The van der Waals surface area contributed by atoms with Crippen LogP contribution in [0.5, 0.6) is 0 Å². The molecule has 0 aliphatic carbocycles. The van der Waals surface area contributed by atoms with Crippen molar-refractivity contribution in [3.05, 3.63) is 34.2 Å². The maximum atomic E-state index is 11.8. The van der Waals surface area contributed by atoms with Gasteiger partial charge in [0, 0.05) is 30.4 Å². The third-order valence-electron chi connectivity index (χ3n) is 5.33. The zero-order chi connectivity index (χ0) is 15.4. The van der Waals surface area contributed by atoms with Gasteiger partial charge in [0.25, 0.3) is 5.56 Å². The molecule has 1 aromatic heterocycles. The number of piperidine rings is 1. The Morgan fingerprint density at radius 1 is 1.23 bits per heavy atom. The summed E-state index contributed by atoms with van der Waals surface area (Å²) in [5.41, 5.74) is 1.19. The third kappa shape index (κ3) is 3.79. The number of fused-ring (bicyclic) bond motifs is 1. The molecule has 1 N–H and O–H groups in total. The van der Waals surface area contributed by atoms with Gasteiger partial charge in [-0.25, -0.2) is 0 Å². The number of hydrogen-bond donors (Lipinski definition) is 1. The molecule has 0 saturated carbocycles.